The van der Waals surface area contributed by atoms with Gasteiger partial charge in [-0.15, -0.1) is 5.10 Å². The molecule has 1 saturated carbocycles. The van der Waals surface area contributed by atoms with Gasteiger partial charge in [0.15, 0.2) is 18.2 Å². The molecule has 2 bridgehead atoms. The van der Waals surface area contributed by atoms with Gasteiger partial charge in [-0.05, 0) is 69.6 Å². The highest BCUT2D eigenvalue weighted by Crippen LogP contribution is 2.60. The third kappa shape index (κ3) is 4.99. The van der Waals surface area contributed by atoms with Crippen molar-refractivity contribution in [3.05, 3.63) is 51.6 Å². The molecular weight excluding hydrogens is 554 g/mol. The Morgan fingerprint density at radius 3 is 2.79 bits per heavy atom. The van der Waals surface area contributed by atoms with Gasteiger partial charge in [-0.3, -0.25) is 0 Å². The summed E-state index contributed by atoms with van der Waals surface area (Å²) in [4.78, 5) is 24.2. The maximum Gasteiger partial charge on any atom is 0.339 e. The van der Waals surface area contributed by atoms with Gasteiger partial charge < -0.3 is 23.4 Å². The highest BCUT2D eigenvalue weighted by Gasteiger charge is 2.69. The van der Waals surface area contributed by atoms with Gasteiger partial charge in [-0.2, -0.15) is 0 Å². The molecule has 1 aromatic carbocycles. The van der Waals surface area contributed by atoms with Crippen molar-refractivity contribution in [2.45, 2.75) is 97.2 Å². The van der Waals surface area contributed by atoms with Gasteiger partial charge in [0.25, 0.3) is 0 Å². The van der Waals surface area contributed by atoms with Crippen molar-refractivity contribution in [3.63, 3.8) is 0 Å². The molecule has 5 fully saturated rings. The Kier molecular flexibility index (Phi) is 7.37. The molecular formula is C32H41N3O8. The Hall–Kier alpha value is -2.83. The van der Waals surface area contributed by atoms with Crippen molar-refractivity contribution in [2.75, 3.05) is 13.2 Å². The first-order valence-corrected chi connectivity index (χ1v) is 15.5. The average Bonchev–Trinajstić information content (AvgIpc) is 3.31. The Morgan fingerprint density at radius 2 is 1.93 bits per heavy atom. The smallest absolute Gasteiger partial charge is 0.339 e. The molecule has 8 rings (SSSR count). The number of benzene rings is 1. The summed E-state index contributed by atoms with van der Waals surface area (Å²) >= 11 is 0. The summed E-state index contributed by atoms with van der Waals surface area (Å²) in [6, 6.07) is 5.55. The Morgan fingerprint density at radius 1 is 1.07 bits per heavy atom. The molecule has 8 atom stereocenters. The van der Waals surface area contributed by atoms with E-state index in [1.165, 1.54) is 0 Å². The number of hydrogen-bond acceptors (Lipinski definition) is 10. The predicted molar refractivity (Wildman–Crippen MR) is 154 cm³/mol. The monoisotopic (exact) mass is 595 g/mol. The van der Waals surface area contributed by atoms with E-state index in [2.05, 4.69) is 24.2 Å². The second kappa shape index (κ2) is 11.0. The van der Waals surface area contributed by atoms with Crippen molar-refractivity contribution in [2.24, 2.45) is 23.7 Å². The molecule has 11 nitrogen and oxygen atoms in total. The minimum absolute atomic E-state index is 0.129. The van der Waals surface area contributed by atoms with Crippen LogP contribution >= 0.6 is 0 Å². The van der Waals surface area contributed by atoms with E-state index < -0.39 is 24.0 Å². The zero-order chi connectivity index (χ0) is 29.9. The van der Waals surface area contributed by atoms with Crippen molar-refractivity contribution in [3.8, 4) is 5.75 Å². The highest BCUT2D eigenvalue weighted by atomic mass is 17.3. The largest absolute Gasteiger partial charge is 0.492 e. The van der Waals surface area contributed by atoms with E-state index in [0.717, 1.165) is 42.3 Å². The first-order valence-electron chi connectivity index (χ1n) is 15.5. The molecule has 2 aromatic heterocycles. The van der Waals surface area contributed by atoms with Crippen LogP contribution < -0.4 is 10.4 Å². The maximum atomic E-state index is 12.1. The van der Waals surface area contributed by atoms with Crippen LogP contribution in [0.25, 0.3) is 11.0 Å². The van der Waals surface area contributed by atoms with Crippen LogP contribution in [0.2, 0.25) is 0 Å². The normalized spacial score (nSPS) is 35.1. The van der Waals surface area contributed by atoms with Crippen molar-refractivity contribution < 1.29 is 33.1 Å². The molecule has 1 aliphatic carbocycles. The van der Waals surface area contributed by atoms with E-state index in [1.54, 1.807) is 17.7 Å². The third-order valence-electron chi connectivity index (χ3n) is 10.3. The van der Waals surface area contributed by atoms with E-state index in [9.17, 15) is 4.79 Å². The van der Waals surface area contributed by atoms with Gasteiger partial charge in [-0.1, -0.05) is 19.1 Å². The van der Waals surface area contributed by atoms with Crippen LogP contribution in [-0.2, 0) is 37.0 Å². The maximum absolute atomic E-state index is 12.1. The number of ether oxygens (including phenoxy) is 4. The summed E-state index contributed by atoms with van der Waals surface area (Å²) in [5.41, 5.74) is 1.99. The van der Waals surface area contributed by atoms with Crippen LogP contribution in [0.3, 0.4) is 0 Å². The molecule has 0 radical (unpaired) electrons. The lowest BCUT2D eigenvalue weighted by atomic mass is 9.58. The Balaban J connectivity index is 0.933. The predicted octanol–water partition coefficient (Wildman–Crippen LogP) is 4.85. The SMILES string of the molecule is Cc1c(C)c2ccc(OCCn3cc(CCO[C@H]4O[C@@H]5O[C@@]6(C)CC[C@H]7[C@H](C)CC[C@@H]([C@H]4C)[C@@]57OO6)nn3)cc2oc1=O. The lowest BCUT2D eigenvalue weighted by Crippen LogP contribution is -2.70. The molecule has 232 valence electrons. The van der Waals surface area contributed by atoms with E-state index in [0.29, 0.717) is 54.9 Å². The van der Waals surface area contributed by atoms with Gasteiger partial charge in [0.05, 0.1) is 18.8 Å². The molecule has 1 spiro atoms. The lowest BCUT2D eigenvalue weighted by molar-refractivity contribution is -0.577. The number of rotatable bonds is 8. The van der Waals surface area contributed by atoms with Gasteiger partial charge in [0, 0.05) is 47.9 Å². The second-order valence-electron chi connectivity index (χ2n) is 13.0. The summed E-state index contributed by atoms with van der Waals surface area (Å²) in [5.74, 6) is 1.05. The molecule has 11 heteroatoms. The number of fused-ring (bicyclic) bond motifs is 3. The zero-order valence-corrected chi connectivity index (χ0v) is 25.5. The Bertz CT molecular complexity index is 1560. The number of aromatic nitrogens is 3. The first kappa shape index (κ1) is 28.9. The highest BCUT2D eigenvalue weighted by molar-refractivity contribution is 5.82. The number of nitrogens with zero attached hydrogens (tertiary/aromatic N) is 3. The molecule has 4 aliphatic heterocycles. The second-order valence-corrected chi connectivity index (χ2v) is 13.0. The number of aryl methyl sites for hydroxylation is 1. The molecule has 43 heavy (non-hydrogen) atoms. The van der Waals surface area contributed by atoms with Gasteiger partial charge in [0.1, 0.15) is 17.9 Å². The van der Waals surface area contributed by atoms with Crippen LogP contribution in [0.1, 0.15) is 63.3 Å². The average molecular weight is 596 g/mol. The summed E-state index contributed by atoms with van der Waals surface area (Å²) in [5, 5.41) is 9.46. The molecule has 6 heterocycles. The van der Waals surface area contributed by atoms with Crippen LogP contribution in [0, 0.1) is 37.5 Å². The van der Waals surface area contributed by atoms with Crippen LogP contribution in [-0.4, -0.2) is 52.2 Å². The van der Waals surface area contributed by atoms with Crippen LogP contribution in [0.15, 0.2) is 33.6 Å². The summed E-state index contributed by atoms with van der Waals surface area (Å²) < 4.78 is 32.4. The van der Waals surface area contributed by atoms with Crippen molar-refractivity contribution in [1.82, 2.24) is 15.0 Å². The van der Waals surface area contributed by atoms with Crippen molar-refractivity contribution >= 4 is 11.0 Å². The minimum Gasteiger partial charge on any atom is -0.492 e. The zero-order valence-electron chi connectivity index (χ0n) is 25.5. The summed E-state index contributed by atoms with van der Waals surface area (Å²) in [7, 11) is 0. The topological polar surface area (TPSA) is 116 Å². The van der Waals surface area contributed by atoms with E-state index in [1.807, 2.05) is 32.2 Å². The van der Waals surface area contributed by atoms with E-state index in [-0.39, 0.29) is 17.5 Å². The fourth-order valence-electron chi connectivity index (χ4n) is 7.68. The summed E-state index contributed by atoms with van der Waals surface area (Å²) in [6.07, 6.45) is 5.59. The van der Waals surface area contributed by atoms with Gasteiger partial charge in [-0.25, -0.2) is 19.3 Å². The van der Waals surface area contributed by atoms with Crippen molar-refractivity contribution in [1.29, 1.82) is 0 Å². The lowest BCUT2D eigenvalue weighted by Gasteiger charge is -2.60. The minimum atomic E-state index is -0.799. The molecule has 4 saturated heterocycles. The van der Waals surface area contributed by atoms with Gasteiger partial charge in [0.2, 0.25) is 5.79 Å². The molecule has 0 N–H and O–H groups in total. The summed E-state index contributed by atoms with van der Waals surface area (Å²) in [6.45, 7) is 11.5. The van der Waals surface area contributed by atoms with Gasteiger partial charge >= 0.3 is 5.63 Å². The molecule has 0 amide bonds. The third-order valence-corrected chi connectivity index (χ3v) is 10.3. The fraction of sp³-hybridized carbons (Fsp3) is 0.656. The molecule has 3 aromatic rings. The Labute approximate surface area is 250 Å². The van der Waals surface area contributed by atoms with E-state index in [4.69, 9.17) is 33.1 Å². The first-order chi connectivity index (χ1) is 20.7. The van der Waals surface area contributed by atoms with E-state index >= 15 is 0 Å². The van der Waals surface area contributed by atoms with Crippen LogP contribution in [0.5, 0.6) is 5.75 Å². The molecule has 0 unspecified atom stereocenters. The quantitative estimate of drug-likeness (QED) is 0.264. The van der Waals surface area contributed by atoms with Crippen LogP contribution in [0.4, 0.5) is 0 Å². The standard InChI is InChI=1S/C32H41N3O8/c1-18-6-9-26-21(4)29(40-30-32(26)25(18)10-12-31(5,41-30)42-43-32)38-14-11-22-17-35(34-33-22)13-15-37-23-7-8-24-19(2)20(3)28(36)39-27(24)16-23/h7-8,16-18,21,25-26,29-30H,6,9-15H2,1-5H3/t18-,21-,25+,26+,29+,30-,31-,32-/m1/s1. The number of hydrogen-bond donors (Lipinski definition) is 0. The fourth-order valence-corrected chi connectivity index (χ4v) is 7.68. The molecule has 5 aliphatic rings.